The number of rotatable bonds is 0. The second kappa shape index (κ2) is 2.30. The largest absolute Gasteiger partial charge is 0.385 e. The highest BCUT2D eigenvalue weighted by Crippen LogP contribution is 2.37. The normalized spacial score (nSPS) is 27.2. The monoisotopic (exact) mass is 166 g/mol. The Balaban J connectivity index is 2.61. The van der Waals surface area contributed by atoms with Crippen LogP contribution in [-0.4, -0.2) is 5.11 Å². The molecular formula is C10H11FO. The van der Waals surface area contributed by atoms with Crippen molar-refractivity contribution in [3.63, 3.8) is 0 Å². The molecule has 2 rings (SSSR count). The van der Waals surface area contributed by atoms with Gasteiger partial charge in [-0.2, -0.15) is 0 Å². The van der Waals surface area contributed by atoms with Crippen molar-refractivity contribution in [1.29, 1.82) is 0 Å². The maximum absolute atomic E-state index is 13.1. The van der Waals surface area contributed by atoms with Crippen LogP contribution in [0.25, 0.3) is 0 Å². The molecule has 0 aliphatic heterocycles. The molecule has 1 N–H and O–H groups in total. The van der Waals surface area contributed by atoms with Gasteiger partial charge in [-0.15, -0.1) is 0 Å². The van der Waals surface area contributed by atoms with Crippen LogP contribution in [-0.2, 0) is 12.0 Å². The van der Waals surface area contributed by atoms with E-state index in [-0.39, 0.29) is 5.82 Å². The van der Waals surface area contributed by atoms with Gasteiger partial charge in [-0.05, 0) is 37.0 Å². The Hall–Kier alpha value is -0.890. The molecule has 0 aromatic heterocycles. The molecule has 0 heterocycles. The summed E-state index contributed by atoms with van der Waals surface area (Å²) in [7, 11) is 0. The van der Waals surface area contributed by atoms with Crippen LogP contribution in [0, 0.1) is 5.82 Å². The first kappa shape index (κ1) is 7.74. The zero-order chi connectivity index (χ0) is 8.77. The fourth-order valence-electron chi connectivity index (χ4n) is 1.82. The van der Waals surface area contributed by atoms with E-state index in [2.05, 4.69) is 0 Å². The van der Waals surface area contributed by atoms with Crippen molar-refractivity contribution in [2.24, 2.45) is 0 Å². The summed E-state index contributed by atoms with van der Waals surface area (Å²) < 4.78 is 13.1. The predicted octanol–water partition coefficient (Wildman–Crippen LogP) is 1.98. The van der Waals surface area contributed by atoms with Gasteiger partial charge in [0.2, 0.25) is 0 Å². The summed E-state index contributed by atoms with van der Waals surface area (Å²) in [5.41, 5.74) is 0.613. The summed E-state index contributed by atoms with van der Waals surface area (Å²) in [4.78, 5) is 0. The average molecular weight is 166 g/mol. The van der Waals surface area contributed by atoms with Crippen LogP contribution in [0.4, 0.5) is 4.39 Å². The smallest absolute Gasteiger partial charge is 0.126 e. The minimum Gasteiger partial charge on any atom is -0.385 e. The van der Waals surface area contributed by atoms with E-state index in [0.717, 1.165) is 5.56 Å². The third-order valence-corrected chi connectivity index (χ3v) is 2.56. The van der Waals surface area contributed by atoms with Crippen LogP contribution in [0.5, 0.6) is 0 Å². The molecule has 1 aromatic carbocycles. The SMILES string of the molecule is CC1(O)CCc2c(F)cccc21. The lowest BCUT2D eigenvalue weighted by Gasteiger charge is -2.16. The first-order valence-electron chi connectivity index (χ1n) is 4.11. The van der Waals surface area contributed by atoms with Gasteiger partial charge in [0.15, 0.2) is 0 Å². The number of fused-ring (bicyclic) bond motifs is 1. The maximum atomic E-state index is 13.1. The minimum atomic E-state index is -0.822. The summed E-state index contributed by atoms with van der Waals surface area (Å²) in [5.74, 6) is -0.190. The lowest BCUT2D eigenvalue weighted by Crippen LogP contribution is -2.16. The quantitative estimate of drug-likeness (QED) is 0.624. The number of hydrogen-bond acceptors (Lipinski definition) is 1. The van der Waals surface area contributed by atoms with Crippen LogP contribution < -0.4 is 0 Å². The van der Waals surface area contributed by atoms with Gasteiger partial charge in [-0.25, -0.2) is 4.39 Å². The molecule has 12 heavy (non-hydrogen) atoms. The zero-order valence-corrected chi connectivity index (χ0v) is 6.97. The van der Waals surface area contributed by atoms with Crippen LogP contribution in [0.3, 0.4) is 0 Å². The van der Waals surface area contributed by atoms with E-state index in [0.29, 0.717) is 18.4 Å². The second-order valence-corrected chi connectivity index (χ2v) is 3.54. The predicted molar refractivity (Wildman–Crippen MR) is 44.3 cm³/mol. The number of aliphatic hydroxyl groups is 1. The minimum absolute atomic E-state index is 0.190. The van der Waals surface area contributed by atoms with Crippen LogP contribution in [0.2, 0.25) is 0 Å². The molecule has 0 saturated carbocycles. The van der Waals surface area contributed by atoms with Gasteiger partial charge in [-0.1, -0.05) is 12.1 Å². The number of benzene rings is 1. The van der Waals surface area contributed by atoms with Gasteiger partial charge in [0.1, 0.15) is 5.82 Å². The van der Waals surface area contributed by atoms with Crippen molar-refractivity contribution in [3.05, 3.63) is 35.1 Å². The Labute approximate surface area is 70.8 Å². The van der Waals surface area contributed by atoms with Crippen molar-refractivity contribution in [2.45, 2.75) is 25.4 Å². The topological polar surface area (TPSA) is 20.2 Å². The summed E-state index contributed by atoms with van der Waals surface area (Å²) in [6, 6.07) is 4.89. The molecule has 0 saturated heterocycles. The standard InChI is InChI=1S/C10H11FO/c1-10(12)6-5-7-8(10)3-2-4-9(7)11/h2-4,12H,5-6H2,1H3. The zero-order valence-electron chi connectivity index (χ0n) is 6.97. The van der Waals surface area contributed by atoms with Crippen LogP contribution >= 0.6 is 0 Å². The summed E-state index contributed by atoms with van der Waals surface area (Å²) in [6.07, 6.45) is 1.28. The van der Waals surface area contributed by atoms with Gasteiger partial charge >= 0.3 is 0 Å². The molecule has 1 aliphatic rings. The maximum Gasteiger partial charge on any atom is 0.126 e. The van der Waals surface area contributed by atoms with Crippen molar-refractivity contribution < 1.29 is 9.50 Å². The molecule has 1 nitrogen and oxygen atoms in total. The van der Waals surface area contributed by atoms with E-state index in [4.69, 9.17) is 0 Å². The van der Waals surface area contributed by atoms with Gasteiger partial charge in [0, 0.05) is 0 Å². The van der Waals surface area contributed by atoms with Crippen LogP contribution in [0.1, 0.15) is 24.5 Å². The molecule has 1 atom stereocenters. The third kappa shape index (κ3) is 0.950. The van der Waals surface area contributed by atoms with Crippen LogP contribution in [0.15, 0.2) is 18.2 Å². The highest BCUT2D eigenvalue weighted by molar-refractivity contribution is 5.37. The molecule has 0 fully saturated rings. The molecule has 0 amide bonds. The van der Waals surface area contributed by atoms with E-state index in [1.165, 1.54) is 6.07 Å². The Morgan fingerprint density at radius 2 is 2.25 bits per heavy atom. The first-order valence-corrected chi connectivity index (χ1v) is 4.11. The van der Waals surface area contributed by atoms with Gasteiger partial charge < -0.3 is 5.11 Å². The Morgan fingerprint density at radius 1 is 1.50 bits per heavy atom. The number of halogens is 1. The summed E-state index contributed by atoms with van der Waals surface area (Å²) in [6.45, 7) is 1.73. The summed E-state index contributed by atoms with van der Waals surface area (Å²) >= 11 is 0. The summed E-state index contributed by atoms with van der Waals surface area (Å²) in [5, 5.41) is 9.80. The van der Waals surface area contributed by atoms with Crippen molar-refractivity contribution in [2.75, 3.05) is 0 Å². The van der Waals surface area contributed by atoms with Crippen molar-refractivity contribution in [3.8, 4) is 0 Å². The molecule has 1 aromatic rings. The lowest BCUT2D eigenvalue weighted by molar-refractivity contribution is 0.0594. The highest BCUT2D eigenvalue weighted by Gasteiger charge is 2.33. The van der Waals surface area contributed by atoms with E-state index in [1.807, 2.05) is 0 Å². The van der Waals surface area contributed by atoms with E-state index in [9.17, 15) is 9.50 Å². The molecular weight excluding hydrogens is 155 g/mol. The fraction of sp³-hybridized carbons (Fsp3) is 0.400. The molecule has 0 bridgehead atoms. The Morgan fingerprint density at radius 3 is 2.92 bits per heavy atom. The first-order chi connectivity index (χ1) is 5.61. The molecule has 0 spiro atoms. The second-order valence-electron chi connectivity index (χ2n) is 3.54. The Kier molecular flexibility index (Phi) is 1.48. The fourth-order valence-corrected chi connectivity index (χ4v) is 1.82. The third-order valence-electron chi connectivity index (χ3n) is 2.56. The molecule has 1 aliphatic carbocycles. The highest BCUT2D eigenvalue weighted by atomic mass is 19.1. The van der Waals surface area contributed by atoms with Crippen molar-refractivity contribution >= 4 is 0 Å². The molecule has 1 unspecified atom stereocenters. The average Bonchev–Trinajstić information content (AvgIpc) is 2.30. The van der Waals surface area contributed by atoms with Gasteiger partial charge in [0.05, 0.1) is 5.60 Å². The lowest BCUT2D eigenvalue weighted by atomic mass is 9.99. The Bertz CT molecular complexity index is 318. The molecule has 2 heteroatoms. The number of hydrogen-bond donors (Lipinski definition) is 1. The molecule has 64 valence electrons. The van der Waals surface area contributed by atoms with Crippen molar-refractivity contribution in [1.82, 2.24) is 0 Å². The van der Waals surface area contributed by atoms with Gasteiger partial charge in [0.25, 0.3) is 0 Å². The molecule has 0 radical (unpaired) electrons. The van der Waals surface area contributed by atoms with Gasteiger partial charge in [-0.3, -0.25) is 0 Å². The van der Waals surface area contributed by atoms with E-state index < -0.39 is 5.60 Å². The van der Waals surface area contributed by atoms with E-state index in [1.54, 1.807) is 19.1 Å². The van der Waals surface area contributed by atoms with E-state index >= 15 is 0 Å².